The van der Waals surface area contributed by atoms with E-state index < -0.39 is 44.9 Å². The van der Waals surface area contributed by atoms with Crippen molar-refractivity contribution in [1.29, 1.82) is 0 Å². The van der Waals surface area contributed by atoms with Crippen LogP contribution in [0.5, 0.6) is 0 Å². The van der Waals surface area contributed by atoms with E-state index >= 15 is 0 Å². The summed E-state index contributed by atoms with van der Waals surface area (Å²) < 4.78 is 0. The molecule has 12 heteroatoms. The minimum absolute atomic E-state index is 0.868. The Bertz CT molecular complexity index is 268. The highest BCUT2D eigenvalue weighted by atomic mass is 16.7. The fourth-order valence-electron chi connectivity index (χ4n) is 0.874. The molecule has 0 heterocycles. The molecule has 0 unspecified atom stereocenters. The summed E-state index contributed by atoms with van der Waals surface area (Å²) in [6.45, 7) is 0. The Morgan fingerprint density at radius 2 is 0.812 bits per heavy atom. The van der Waals surface area contributed by atoms with Crippen molar-refractivity contribution < 1.29 is 19.7 Å². The molecule has 16 heavy (non-hydrogen) atoms. The summed E-state index contributed by atoms with van der Waals surface area (Å²) in [6.07, 6.45) is -6.26. The van der Waals surface area contributed by atoms with Gasteiger partial charge in [0.1, 0.15) is 12.8 Å². The second-order valence-electron chi connectivity index (χ2n) is 2.68. The van der Waals surface area contributed by atoms with Crippen LogP contribution >= 0.6 is 0 Å². The molecule has 0 spiro atoms. The first-order valence-corrected chi connectivity index (χ1v) is 3.81. The maximum atomic E-state index is 10.1. The lowest BCUT2D eigenvalue weighted by Crippen LogP contribution is -2.34. The van der Waals surface area contributed by atoms with Gasteiger partial charge in [-0.15, -0.1) is 0 Å². The van der Waals surface area contributed by atoms with Gasteiger partial charge in [-0.25, -0.2) is 0 Å². The summed E-state index contributed by atoms with van der Waals surface area (Å²) in [5.41, 5.74) is 0. The SMILES string of the molecule is O=[N+]([O-])C(CCC([N+](=O)[O-])[N+](=O)[O-])[N+](=O)[O-]. The molecule has 0 aromatic heterocycles. The Hall–Kier alpha value is -2.40. The lowest BCUT2D eigenvalue weighted by Gasteiger charge is -2.02. The van der Waals surface area contributed by atoms with Crippen LogP contribution in [0.2, 0.25) is 0 Å². The summed E-state index contributed by atoms with van der Waals surface area (Å²) in [7, 11) is 0. The molecule has 0 fully saturated rings. The van der Waals surface area contributed by atoms with Gasteiger partial charge in [0.15, 0.2) is 0 Å². The maximum Gasteiger partial charge on any atom is 0.451 e. The van der Waals surface area contributed by atoms with Crippen molar-refractivity contribution in [2.75, 3.05) is 0 Å². The molecule has 12 nitrogen and oxygen atoms in total. The van der Waals surface area contributed by atoms with Crippen LogP contribution in [0.4, 0.5) is 0 Å². The summed E-state index contributed by atoms with van der Waals surface area (Å²) in [4.78, 5) is 35.5. The molecular formula is C4H6N4O8. The average molecular weight is 238 g/mol. The number of nitrogens with zero attached hydrogens (tertiary/aromatic N) is 4. The van der Waals surface area contributed by atoms with Crippen LogP contribution in [0.25, 0.3) is 0 Å². The van der Waals surface area contributed by atoms with Crippen molar-refractivity contribution in [1.82, 2.24) is 0 Å². The summed E-state index contributed by atoms with van der Waals surface area (Å²) in [6, 6.07) is 0. The van der Waals surface area contributed by atoms with E-state index in [-0.39, 0.29) is 0 Å². The fourth-order valence-corrected chi connectivity index (χ4v) is 0.874. The van der Waals surface area contributed by atoms with Gasteiger partial charge in [-0.3, -0.25) is 40.5 Å². The van der Waals surface area contributed by atoms with E-state index in [1.807, 2.05) is 0 Å². The van der Waals surface area contributed by atoms with Crippen LogP contribution in [0.3, 0.4) is 0 Å². The first-order chi connectivity index (χ1) is 7.27. The molecule has 0 N–H and O–H groups in total. The molecule has 0 radical (unpaired) electrons. The Labute approximate surface area is 86.4 Å². The predicted octanol–water partition coefficient (Wildman–Crippen LogP) is -0.474. The largest absolute Gasteiger partial charge is 0.451 e. The Morgan fingerprint density at radius 1 is 0.625 bits per heavy atom. The summed E-state index contributed by atoms with van der Waals surface area (Å²) in [5.74, 6) is 0. The van der Waals surface area contributed by atoms with Gasteiger partial charge in [-0.2, -0.15) is 0 Å². The van der Waals surface area contributed by atoms with E-state index in [1.165, 1.54) is 0 Å². The third-order valence-corrected chi connectivity index (χ3v) is 1.66. The molecule has 90 valence electrons. The average Bonchev–Trinajstić information content (AvgIpc) is 2.09. The summed E-state index contributed by atoms with van der Waals surface area (Å²) >= 11 is 0. The normalized spacial score (nSPS) is 10.4. The van der Waals surface area contributed by atoms with Crippen LogP contribution in [0.1, 0.15) is 12.8 Å². The molecule has 0 aromatic rings. The monoisotopic (exact) mass is 238 g/mol. The van der Waals surface area contributed by atoms with Crippen LogP contribution in [0, 0.1) is 40.5 Å². The van der Waals surface area contributed by atoms with Gasteiger partial charge in [0.25, 0.3) is 0 Å². The topological polar surface area (TPSA) is 173 Å². The molecule has 0 amide bonds. The quantitative estimate of drug-likeness (QED) is 0.324. The lowest BCUT2D eigenvalue weighted by molar-refractivity contribution is -0.758. The molecule has 0 saturated carbocycles. The van der Waals surface area contributed by atoms with Gasteiger partial charge in [-0.05, 0) is 0 Å². The Kier molecular flexibility index (Phi) is 4.65. The Balaban J connectivity index is 4.50. The van der Waals surface area contributed by atoms with Gasteiger partial charge >= 0.3 is 12.3 Å². The number of hydrogen-bond donors (Lipinski definition) is 0. The highest BCUT2D eigenvalue weighted by Gasteiger charge is 2.40. The predicted molar refractivity (Wildman–Crippen MR) is 44.8 cm³/mol. The van der Waals surface area contributed by atoms with Gasteiger partial charge in [0.05, 0.1) is 19.7 Å². The second-order valence-corrected chi connectivity index (χ2v) is 2.68. The van der Waals surface area contributed by atoms with Gasteiger partial charge < -0.3 is 0 Å². The fraction of sp³-hybridized carbons (Fsp3) is 1.00. The van der Waals surface area contributed by atoms with Crippen molar-refractivity contribution in [3.05, 3.63) is 40.5 Å². The standard InChI is InChI=1S/C4H6N4O8/c9-5(10)3(6(11)12)1-2-4(7(13)14)8(15)16/h3-4H,1-2H2. The van der Waals surface area contributed by atoms with Gasteiger partial charge in [0, 0.05) is 0 Å². The second kappa shape index (κ2) is 5.47. The molecule has 0 aliphatic rings. The molecular weight excluding hydrogens is 232 g/mol. The van der Waals surface area contributed by atoms with Crippen molar-refractivity contribution in [3.63, 3.8) is 0 Å². The molecule has 0 saturated heterocycles. The smallest absolute Gasteiger partial charge is 0.259 e. The highest BCUT2D eigenvalue weighted by Crippen LogP contribution is 2.08. The third-order valence-electron chi connectivity index (χ3n) is 1.66. The molecule has 0 aliphatic heterocycles. The lowest BCUT2D eigenvalue weighted by atomic mass is 10.2. The molecule has 0 atom stereocenters. The van der Waals surface area contributed by atoms with Crippen LogP contribution in [0.15, 0.2) is 0 Å². The van der Waals surface area contributed by atoms with E-state index in [4.69, 9.17) is 0 Å². The van der Waals surface area contributed by atoms with E-state index in [9.17, 15) is 40.5 Å². The van der Waals surface area contributed by atoms with Gasteiger partial charge in [0.2, 0.25) is 0 Å². The number of hydrogen-bond acceptors (Lipinski definition) is 8. The van der Waals surface area contributed by atoms with E-state index in [0.717, 1.165) is 0 Å². The molecule has 0 aliphatic carbocycles. The zero-order valence-corrected chi connectivity index (χ0v) is 7.62. The Morgan fingerprint density at radius 3 is 0.938 bits per heavy atom. The van der Waals surface area contributed by atoms with Crippen LogP contribution in [-0.4, -0.2) is 32.0 Å². The third kappa shape index (κ3) is 3.77. The molecule has 0 aromatic carbocycles. The first-order valence-electron chi connectivity index (χ1n) is 3.81. The van der Waals surface area contributed by atoms with Crippen molar-refractivity contribution in [2.45, 2.75) is 25.2 Å². The van der Waals surface area contributed by atoms with Crippen LogP contribution < -0.4 is 0 Å². The van der Waals surface area contributed by atoms with Crippen molar-refractivity contribution in [2.24, 2.45) is 0 Å². The van der Waals surface area contributed by atoms with Crippen molar-refractivity contribution in [3.8, 4) is 0 Å². The summed E-state index contributed by atoms with van der Waals surface area (Å²) in [5, 5.41) is 40.5. The van der Waals surface area contributed by atoms with Crippen molar-refractivity contribution >= 4 is 0 Å². The minimum Gasteiger partial charge on any atom is -0.259 e. The first kappa shape index (κ1) is 13.6. The zero-order chi connectivity index (χ0) is 12.9. The van der Waals surface area contributed by atoms with E-state index in [0.29, 0.717) is 0 Å². The van der Waals surface area contributed by atoms with E-state index in [2.05, 4.69) is 0 Å². The number of rotatable bonds is 7. The van der Waals surface area contributed by atoms with Crippen LogP contribution in [-0.2, 0) is 0 Å². The molecule has 0 bridgehead atoms. The molecule has 0 rings (SSSR count). The van der Waals surface area contributed by atoms with E-state index in [1.54, 1.807) is 0 Å². The number of nitro groups is 4. The maximum absolute atomic E-state index is 10.1. The van der Waals surface area contributed by atoms with Gasteiger partial charge in [-0.1, -0.05) is 0 Å². The highest BCUT2D eigenvalue weighted by molar-refractivity contribution is 4.48. The zero-order valence-electron chi connectivity index (χ0n) is 7.62. The minimum atomic E-state index is -2.26.